The molecule has 0 bridgehead atoms. The van der Waals surface area contributed by atoms with Crippen LogP contribution in [0.1, 0.15) is 24.8 Å². The molecule has 2 fully saturated rings. The number of benzene rings is 1. The lowest BCUT2D eigenvalue weighted by Crippen LogP contribution is -2.48. The van der Waals surface area contributed by atoms with Gasteiger partial charge in [-0.25, -0.2) is 5.06 Å². The fourth-order valence-corrected chi connectivity index (χ4v) is 3.60. The Labute approximate surface area is 142 Å². The number of rotatable bonds is 6. The molecule has 0 radical (unpaired) electrons. The van der Waals surface area contributed by atoms with E-state index in [1.165, 1.54) is 12.2 Å². The summed E-state index contributed by atoms with van der Waals surface area (Å²) in [6.45, 7) is 1.12. The Kier molecular flexibility index (Phi) is 4.49. The quantitative estimate of drug-likeness (QED) is 0.589. The minimum Gasteiger partial charge on any atom is -0.497 e. The predicted molar refractivity (Wildman–Crippen MR) is 88.0 cm³/mol. The molecular formula is C18H24N2O4. The van der Waals surface area contributed by atoms with Crippen molar-refractivity contribution in [1.29, 1.82) is 0 Å². The van der Waals surface area contributed by atoms with E-state index in [0.717, 1.165) is 24.2 Å². The molecule has 24 heavy (non-hydrogen) atoms. The summed E-state index contributed by atoms with van der Waals surface area (Å²) in [6, 6.07) is 7.67. The zero-order valence-corrected chi connectivity index (χ0v) is 14.4. The van der Waals surface area contributed by atoms with Gasteiger partial charge in [0.25, 0.3) is 5.91 Å². The van der Waals surface area contributed by atoms with E-state index in [4.69, 9.17) is 9.57 Å². The van der Waals surface area contributed by atoms with Gasteiger partial charge in [0.05, 0.1) is 14.2 Å². The molecule has 6 nitrogen and oxygen atoms in total. The zero-order valence-electron chi connectivity index (χ0n) is 14.4. The number of methoxy groups -OCH3 is 1. The maximum absolute atomic E-state index is 13.1. The summed E-state index contributed by atoms with van der Waals surface area (Å²) < 4.78 is 5.16. The first-order valence-corrected chi connectivity index (χ1v) is 8.27. The van der Waals surface area contributed by atoms with Crippen LogP contribution in [0.25, 0.3) is 0 Å². The van der Waals surface area contributed by atoms with Crippen molar-refractivity contribution in [2.75, 3.05) is 27.8 Å². The van der Waals surface area contributed by atoms with Crippen molar-refractivity contribution in [3.8, 4) is 5.75 Å². The second-order valence-corrected chi connectivity index (χ2v) is 6.56. The first kappa shape index (κ1) is 16.8. The Bertz CT molecular complexity index is 626. The molecule has 3 rings (SSSR count). The largest absolute Gasteiger partial charge is 0.497 e. The van der Waals surface area contributed by atoms with Gasteiger partial charge in [0, 0.05) is 20.1 Å². The standard InChI is InChI=1S/C18H24N2O4/c1-19(24-3)16(21)18(14-6-7-14)10-11-20(17(18)22)12-13-4-8-15(23-2)9-5-13/h4-5,8-9,14H,6-7,10-12H2,1-3H3/t18-/m0/s1. The van der Waals surface area contributed by atoms with Crippen molar-refractivity contribution in [2.45, 2.75) is 25.8 Å². The minimum atomic E-state index is -0.933. The van der Waals surface area contributed by atoms with E-state index in [-0.39, 0.29) is 17.7 Å². The Morgan fingerprint density at radius 2 is 1.96 bits per heavy atom. The molecule has 6 heteroatoms. The molecule has 130 valence electrons. The van der Waals surface area contributed by atoms with E-state index in [9.17, 15) is 9.59 Å². The van der Waals surface area contributed by atoms with E-state index in [1.54, 1.807) is 19.1 Å². The Morgan fingerprint density at radius 1 is 1.29 bits per heavy atom. The lowest BCUT2D eigenvalue weighted by molar-refractivity contribution is -0.183. The molecule has 1 aliphatic heterocycles. The smallest absolute Gasteiger partial charge is 0.261 e. The number of hydroxylamine groups is 2. The van der Waals surface area contributed by atoms with Gasteiger partial charge in [-0.3, -0.25) is 14.4 Å². The summed E-state index contributed by atoms with van der Waals surface area (Å²) in [4.78, 5) is 32.8. The first-order valence-electron chi connectivity index (χ1n) is 8.27. The van der Waals surface area contributed by atoms with Gasteiger partial charge in [-0.05, 0) is 42.9 Å². The second-order valence-electron chi connectivity index (χ2n) is 6.56. The molecule has 1 aromatic rings. The molecule has 2 aliphatic rings. The van der Waals surface area contributed by atoms with E-state index in [0.29, 0.717) is 19.5 Å². The van der Waals surface area contributed by atoms with Crippen LogP contribution in [0.4, 0.5) is 0 Å². The maximum atomic E-state index is 13.1. The molecule has 0 spiro atoms. The minimum absolute atomic E-state index is 0.0604. The Morgan fingerprint density at radius 3 is 2.50 bits per heavy atom. The number of hydrogen-bond acceptors (Lipinski definition) is 4. The van der Waals surface area contributed by atoms with Crippen molar-refractivity contribution in [3.63, 3.8) is 0 Å². The molecule has 1 aliphatic carbocycles. The highest BCUT2D eigenvalue weighted by molar-refractivity contribution is 6.06. The SMILES string of the molecule is COc1ccc(CN2CC[C@@](C(=O)N(C)OC)(C3CC3)C2=O)cc1. The van der Waals surface area contributed by atoms with Crippen LogP contribution in [0.2, 0.25) is 0 Å². The Balaban J connectivity index is 1.78. The van der Waals surface area contributed by atoms with Gasteiger partial charge in [0.1, 0.15) is 11.2 Å². The number of carbonyl (C=O) groups is 2. The van der Waals surface area contributed by atoms with Gasteiger partial charge in [0.2, 0.25) is 5.91 Å². The van der Waals surface area contributed by atoms with Crippen LogP contribution >= 0.6 is 0 Å². The fourth-order valence-electron chi connectivity index (χ4n) is 3.60. The van der Waals surface area contributed by atoms with Gasteiger partial charge in [-0.15, -0.1) is 0 Å². The molecule has 1 atom stereocenters. The molecule has 0 aromatic heterocycles. The highest BCUT2D eigenvalue weighted by Crippen LogP contribution is 2.52. The van der Waals surface area contributed by atoms with E-state index in [1.807, 2.05) is 24.3 Å². The molecule has 1 heterocycles. The summed E-state index contributed by atoms with van der Waals surface area (Å²) >= 11 is 0. The average molecular weight is 332 g/mol. The molecule has 0 unspecified atom stereocenters. The highest BCUT2D eigenvalue weighted by atomic mass is 16.7. The number of carbonyl (C=O) groups excluding carboxylic acids is 2. The van der Waals surface area contributed by atoms with Crippen molar-refractivity contribution in [2.24, 2.45) is 11.3 Å². The fraction of sp³-hybridized carbons (Fsp3) is 0.556. The number of likely N-dealkylation sites (tertiary alicyclic amines) is 1. The molecule has 1 saturated heterocycles. The molecule has 2 amide bonds. The van der Waals surface area contributed by atoms with Gasteiger partial charge in [-0.1, -0.05) is 12.1 Å². The number of amides is 2. The third-order valence-corrected chi connectivity index (χ3v) is 5.19. The number of hydrogen-bond donors (Lipinski definition) is 0. The van der Waals surface area contributed by atoms with Crippen molar-refractivity contribution in [3.05, 3.63) is 29.8 Å². The molecular weight excluding hydrogens is 308 g/mol. The lowest BCUT2D eigenvalue weighted by atomic mass is 9.80. The summed E-state index contributed by atoms with van der Waals surface area (Å²) in [5.41, 5.74) is 0.0975. The van der Waals surface area contributed by atoms with E-state index in [2.05, 4.69) is 0 Å². The van der Waals surface area contributed by atoms with E-state index < -0.39 is 5.41 Å². The molecule has 1 saturated carbocycles. The monoisotopic (exact) mass is 332 g/mol. The van der Waals surface area contributed by atoms with Crippen LogP contribution in [-0.2, 0) is 21.0 Å². The van der Waals surface area contributed by atoms with Crippen LogP contribution in [0.15, 0.2) is 24.3 Å². The third-order valence-electron chi connectivity index (χ3n) is 5.19. The maximum Gasteiger partial charge on any atom is 0.261 e. The van der Waals surface area contributed by atoms with Gasteiger partial charge in [0.15, 0.2) is 0 Å². The summed E-state index contributed by atoms with van der Waals surface area (Å²) in [5.74, 6) is 0.663. The van der Waals surface area contributed by atoms with Crippen LogP contribution in [0, 0.1) is 11.3 Å². The van der Waals surface area contributed by atoms with Gasteiger partial charge < -0.3 is 9.64 Å². The van der Waals surface area contributed by atoms with Crippen molar-refractivity contribution >= 4 is 11.8 Å². The number of nitrogens with zero attached hydrogens (tertiary/aromatic N) is 2. The van der Waals surface area contributed by atoms with E-state index >= 15 is 0 Å². The Hall–Kier alpha value is -2.08. The summed E-state index contributed by atoms with van der Waals surface area (Å²) in [7, 11) is 4.65. The topological polar surface area (TPSA) is 59.1 Å². The van der Waals surface area contributed by atoms with Crippen LogP contribution in [0.3, 0.4) is 0 Å². The average Bonchev–Trinajstić information content (AvgIpc) is 3.41. The predicted octanol–water partition coefficient (Wildman–Crippen LogP) is 1.84. The van der Waals surface area contributed by atoms with Crippen molar-refractivity contribution in [1.82, 2.24) is 9.96 Å². The van der Waals surface area contributed by atoms with Gasteiger partial charge in [-0.2, -0.15) is 0 Å². The normalized spacial score (nSPS) is 23.5. The summed E-state index contributed by atoms with van der Waals surface area (Å²) in [5, 5.41) is 1.20. The molecule has 1 aromatic carbocycles. The third kappa shape index (κ3) is 2.75. The first-order chi connectivity index (χ1) is 11.5. The number of ether oxygens (including phenoxy) is 1. The zero-order chi connectivity index (χ0) is 17.3. The van der Waals surface area contributed by atoms with Gasteiger partial charge >= 0.3 is 0 Å². The van der Waals surface area contributed by atoms with Crippen LogP contribution < -0.4 is 4.74 Å². The van der Waals surface area contributed by atoms with Crippen molar-refractivity contribution < 1.29 is 19.2 Å². The van der Waals surface area contributed by atoms with Crippen LogP contribution in [-0.4, -0.2) is 49.6 Å². The summed E-state index contributed by atoms with van der Waals surface area (Å²) in [6.07, 6.45) is 2.44. The molecule has 0 N–H and O–H groups in total. The highest BCUT2D eigenvalue weighted by Gasteiger charge is 2.61. The lowest BCUT2D eigenvalue weighted by Gasteiger charge is -2.30. The second kappa shape index (κ2) is 6.43. The van der Waals surface area contributed by atoms with Crippen LogP contribution in [0.5, 0.6) is 5.75 Å².